The van der Waals surface area contributed by atoms with Crippen molar-refractivity contribution in [1.82, 2.24) is 14.5 Å². The van der Waals surface area contributed by atoms with Gasteiger partial charge in [0.2, 0.25) is 0 Å². The smallest absolute Gasteiger partial charge is 0.270 e. The van der Waals surface area contributed by atoms with E-state index >= 15 is 0 Å². The predicted molar refractivity (Wildman–Crippen MR) is 132 cm³/mol. The number of benzene rings is 2. The number of amides is 1. The van der Waals surface area contributed by atoms with E-state index in [1.165, 1.54) is 18.2 Å². The Morgan fingerprint density at radius 2 is 1.89 bits per heavy atom. The number of rotatable bonds is 12. The summed E-state index contributed by atoms with van der Waals surface area (Å²) in [6, 6.07) is 12.2. The lowest BCUT2D eigenvalue weighted by atomic mass is 10.1. The van der Waals surface area contributed by atoms with E-state index in [0.717, 1.165) is 0 Å². The lowest BCUT2D eigenvalue weighted by molar-refractivity contribution is -0.384. The molecule has 0 aliphatic heterocycles. The number of nitro groups is 1. The molecule has 0 spiro atoms. The molecule has 0 saturated heterocycles. The number of para-hydroxylation sites is 1. The number of aromatic nitrogens is 2. The van der Waals surface area contributed by atoms with E-state index in [4.69, 9.17) is 14.5 Å². The molecule has 1 atom stereocenters. The third-order valence-corrected chi connectivity index (χ3v) is 5.78. The Hall–Kier alpha value is -3.63. The highest BCUT2D eigenvalue weighted by molar-refractivity contribution is 5.95. The zero-order chi connectivity index (χ0) is 25.4. The molecular weight excluding hydrogens is 452 g/mol. The molecule has 3 rings (SSSR count). The van der Waals surface area contributed by atoms with Crippen LogP contribution in [0.2, 0.25) is 0 Å². The predicted octanol–water partition coefficient (Wildman–Crippen LogP) is 3.58. The molecule has 0 fully saturated rings. The molecule has 0 N–H and O–H groups in total. The minimum absolute atomic E-state index is 0.165. The van der Waals surface area contributed by atoms with Gasteiger partial charge in [0.15, 0.2) is 0 Å². The molecule has 0 aliphatic carbocycles. The van der Waals surface area contributed by atoms with Crippen LogP contribution in [0.3, 0.4) is 0 Å². The summed E-state index contributed by atoms with van der Waals surface area (Å²) in [6.45, 7) is 3.23. The number of fused-ring (bicyclic) bond motifs is 1. The molecule has 0 bridgehead atoms. The van der Waals surface area contributed by atoms with Crippen molar-refractivity contribution in [3.05, 3.63) is 80.4 Å². The number of non-ortho nitro benzene ring substituents is 1. The van der Waals surface area contributed by atoms with Gasteiger partial charge in [0, 0.05) is 45.1 Å². The summed E-state index contributed by atoms with van der Waals surface area (Å²) in [7, 11) is 3.14. The third-order valence-electron chi connectivity index (χ3n) is 5.78. The fourth-order valence-corrected chi connectivity index (χ4v) is 4.08. The summed E-state index contributed by atoms with van der Waals surface area (Å²) in [5, 5.41) is 11.8. The number of methoxy groups -OCH3 is 2. The SMILES string of the molecule is CCC(c1nc2ccccc2c(=O)n1CCOC)N(CCCOC)C(=O)c1cccc([N+](=O)[O-])c1. The summed E-state index contributed by atoms with van der Waals surface area (Å²) in [5.74, 6) is 0.0711. The van der Waals surface area contributed by atoms with Gasteiger partial charge in [-0.15, -0.1) is 0 Å². The maximum absolute atomic E-state index is 13.7. The first-order valence-corrected chi connectivity index (χ1v) is 11.5. The van der Waals surface area contributed by atoms with Gasteiger partial charge in [-0.3, -0.25) is 24.3 Å². The van der Waals surface area contributed by atoms with Crippen LogP contribution in [0.1, 0.15) is 42.0 Å². The number of hydrogen-bond acceptors (Lipinski definition) is 7. The molecule has 186 valence electrons. The Kier molecular flexibility index (Phi) is 9.04. The van der Waals surface area contributed by atoms with E-state index in [0.29, 0.717) is 49.3 Å². The molecule has 1 amide bonds. The van der Waals surface area contributed by atoms with Crippen LogP contribution < -0.4 is 5.56 Å². The van der Waals surface area contributed by atoms with Crippen LogP contribution in [0.25, 0.3) is 10.9 Å². The van der Waals surface area contributed by atoms with E-state index in [9.17, 15) is 19.7 Å². The maximum Gasteiger partial charge on any atom is 0.270 e. The Balaban J connectivity index is 2.14. The molecule has 35 heavy (non-hydrogen) atoms. The summed E-state index contributed by atoms with van der Waals surface area (Å²) >= 11 is 0. The van der Waals surface area contributed by atoms with Crippen molar-refractivity contribution >= 4 is 22.5 Å². The molecular formula is C25H30N4O6. The largest absolute Gasteiger partial charge is 0.385 e. The van der Waals surface area contributed by atoms with E-state index in [1.54, 1.807) is 48.0 Å². The monoisotopic (exact) mass is 482 g/mol. The minimum atomic E-state index is -0.548. The average Bonchev–Trinajstić information content (AvgIpc) is 2.87. The van der Waals surface area contributed by atoms with Gasteiger partial charge in [-0.1, -0.05) is 25.1 Å². The lowest BCUT2D eigenvalue weighted by Crippen LogP contribution is -2.40. The van der Waals surface area contributed by atoms with Crippen LogP contribution in [0.15, 0.2) is 53.3 Å². The number of carbonyl (C=O) groups is 1. The summed E-state index contributed by atoms with van der Waals surface area (Å²) in [6.07, 6.45) is 1.02. The van der Waals surface area contributed by atoms with Crippen molar-refractivity contribution < 1.29 is 19.2 Å². The van der Waals surface area contributed by atoms with Crippen molar-refractivity contribution in [2.24, 2.45) is 0 Å². The first-order valence-electron chi connectivity index (χ1n) is 11.5. The first kappa shape index (κ1) is 26.0. The second-order valence-corrected chi connectivity index (χ2v) is 8.01. The number of nitrogens with zero attached hydrogens (tertiary/aromatic N) is 4. The average molecular weight is 483 g/mol. The van der Waals surface area contributed by atoms with Crippen molar-refractivity contribution in [1.29, 1.82) is 0 Å². The molecule has 10 nitrogen and oxygen atoms in total. The Bertz CT molecular complexity index is 1240. The fraction of sp³-hybridized carbons (Fsp3) is 0.400. The molecule has 1 heterocycles. The van der Waals surface area contributed by atoms with Crippen LogP contribution in [0.4, 0.5) is 5.69 Å². The Morgan fingerprint density at radius 3 is 2.57 bits per heavy atom. The highest BCUT2D eigenvalue weighted by Crippen LogP contribution is 2.27. The maximum atomic E-state index is 13.7. The first-order chi connectivity index (χ1) is 16.9. The molecule has 10 heteroatoms. The normalized spacial score (nSPS) is 12.0. The van der Waals surface area contributed by atoms with Crippen LogP contribution >= 0.6 is 0 Å². The van der Waals surface area contributed by atoms with Gasteiger partial charge in [0.05, 0.1) is 35.0 Å². The number of hydrogen-bond donors (Lipinski definition) is 0. The third kappa shape index (κ3) is 5.90. The molecule has 3 aromatic rings. The van der Waals surface area contributed by atoms with Crippen molar-refractivity contribution in [2.75, 3.05) is 34.0 Å². The molecule has 0 radical (unpaired) electrons. The molecule has 0 saturated carbocycles. The Morgan fingerprint density at radius 1 is 1.14 bits per heavy atom. The van der Waals surface area contributed by atoms with Crippen molar-refractivity contribution in [3.8, 4) is 0 Å². The van der Waals surface area contributed by atoms with Gasteiger partial charge in [-0.25, -0.2) is 4.98 Å². The van der Waals surface area contributed by atoms with Crippen LogP contribution in [-0.2, 0) is 16.0 Å². The van der Waals surface area contributed by atoms with Gasteiger partial charge in [-0.2, -0.15) is 0 Å². The van der Waals surface area contributed by atoms with Gasteiger partial charge in [0.1, 0.15) is 5.82 Å². The van der Waals surface area contributed by atoms with Crippen molar-refractivity contribution in [2.45, 2.75) is 32.4 Å². The van der Waals surface area contributed by atoms with Crippen LogP contribution in [-0.4, -0.2) is 59.3 Å². The number of carbonyl (C=O) groups excluding carboxylic acids is 1. The van der Waals surface area contributed by atoms with E-state index in [-0.39, 0.29) is 29.3 Å². The summed E-state index contributed by atoms with van der Waals surface area (Å²) < 4.78 is 12.0. The van der Waals surface area contributed by atoms with Gasteiger partial charge < -0.3 is 14.4 Å². The highest BCUT2D eigenvalue weighted by atomic mass is 16.6. The van der Waals surface area contributed by atoms with Crippen molar-refractivity contribution in [3.63, 3.8) is 0 Å². The molecule has 0 aliphatic rings. The van der Waals surface area contributed by atoms with Crippen LogP contribution in [0, 0.1) is 10.1 Å². The fourth-order valence-electron chi connectivity index (χ4n) is 4.08. The second-order valence-electron chi connectivity index (χ2n) is 8.01. The minimum Gasteiger partial charge on any atom is -0.385 e. The lowest BCUT2D eigenvalue weighted by Gasteiger charge is -2.32. The van der Waals surface area contributed by atoms with Gasteiger partial charge in [-0.05, 0) is 31.0 Å². The number of nitro benzene ring substituents is 1. The zero-order valence-electron chi connectivity index (χ0n) is 20.2. The summed E-state index contributed by atoms with van der Waals surface area (Å²) in [4.78, 5) is 44.2. The highest BCUT2D eigenvalue weighted by Gasteiger charge is 2.29. The molecule has 2 aromatic carbocycles. The quantitative estimate of drug-likeness (QED) is 0.220. The Labute approximate surface area is 203 Å². The topological polar surface area (TPSA) is 117 Å². The molecule has 1 unspecified atom stereocenters. The van der Waals surface area contributed by atoms with Crippen LogP contribution in [0.5, 0.6) is 0 Å². The molecule has 1 aromatic heterocycles. The summed E-state index contributed by atoms with van der Waals surface area (Å²) in [5.41, 5.74) is 0.364. The standard InChI is InChI=1S/C25H30N4O6/c1-4-22(23-26-21-12-6-5-11-20(21)25(31)28(23)14-16-35-3)27(13-8-15-34-2)24(30)18-9-7-10-19(17-18)29(32)33/h5-7,9-12,17,22H,4,8,13-16H2,1-3H3. The van der Waals surface area contributed by atoms with E-state index < -0.39 is 11.0 Å². The van der Waals surface area contributed by atoms with Gasteiger partial charge in [0.25, 0.3) is 17.2 Å². The second kappa shape index (κ2) is 12.2. The van der Waals surface area contributed by atoms with E-state index in [1.807, 2.05) is 13.0 Å². The zero-order valence-corrected chi connectivity index (χ0v) is 20.2. The van der Waals surface area contributed by atoms with E-state index in [2.05, 4.69) is 0 Å². The number of ether oxygens (including phenoxy) is 2. The van der Waals surface area contributed by atoms with Gasteiger partial charge >= 0.3 is 0 Å².